The van der Waals surface area contributed by atoms with Gasteiger partial charge in [0, 0.05) is 17.8 Å². The minimum Gasteiger partial charge on any atom is -0.495 e. The molecule has 0 bridgehead atoms. The van der Waals surface area contributed by atoms with E-state index in [-0.39, 0.29) is 10.6 Å². The first-order valence-corrected chi connectivity index (χ1v) is 10.9. The zero-order valence-corrected chi connectivity index (χ0v) is 17.6. The molecule has 3 heterocycles. The van der Waals surface area contributed by atoms with Crippen LogP contribution in [0.3, 0.4) is 0 Å². The van der Waals surface area contributed by atoms with Crippen molar-refractivity contribution in [3.05, 3.63) is 36.7 Å². The summed E-state index contributed by atoms with van der Waals surface area (Å²) in [5, 5.41) is 0.508. The Labute approximate surface area is 166 Å². The maximum absolute atomic E-state index is 13.1. The predicted octanol–water partition coefficient (Wildman–Crippen LogP) is 3.77. The zero-order chi connectivity index (χ0) is 20.3. The van der Waals surface area contributed by atoms with Crippen molar-refractivity contribution in [2.45, 2.75) is 30.4 Å². The number of nitrogens with two attached hydrogens (primary N) is 1. The number of benzene rings is 1. The van der Waals surface area contributed by atoms with Crippen LogP contribution in [0, 0.1) is 0 Å². The highest BCUT2D eigenvalue weighted by Crippen LogP contribution is 2.35. The van der Waals surface area contributed by atoms with Crippen molar-refractivity contribution in [1.29, 1.82) is 0 Å². The van der Waals surface area contributed by atoms with E-state index in [9.17, 15) is 8.42 Å². The van der Waals surface area contributed by atoms with E-state index in [0.29, 0.717) is 10.8 Å². The lowest BCUT2D eigenvalue weighted by molar-refractivity contribution is 0.401. The number of nitrogen functional groups attached to an aromatic ring is 1. The molecule has 0 saturated carbocycles. The second kappa shape index (κ2) is 6.18. The lowest BCUT2D eigenvalue weighted by Crippen LogP contribution is -2.28. The largest absolute Gasteiger partial charge is 0.495 e. The van der Waals surface area contributed by atoms with Crippen molar-refractivity contribution in [1.82, 2.24) is 14.4 Å². The minimum atomic E-state index is -3.62. The van der Waals surface area contributed by atoms with Gasteiger partial charge in [-0.2, -0.15) is 0 Å². The third-order valence-corrected chi connectivity index (χ3v) is 7.95. The Bertz CT molecular complexity index is 1310. The summed E-state index contributed by atoms with van der Waals surface area (Å²) in [5.41, 5.74) is 8.82. The van der Waals surface area contributed by atoms with E-state index < -0.39 is 14.6 Å². The first kappa shape index (κ1) is 18.7. The fourth-order valence-electron chi connectivity index (χ4n) is 3.00. The molecule has 0 amide bonds. The average molecular weight is 417 g/mol. The van der Waals surface area contributed by atoms with Gasteiger partial charge in [0.05, 0.1) is 34.0 Å². The van der Waals surface area contributed by atoms with Crippen LogP contribution in [0.2, 0.25) is 0 Å². The van der Waals surface area contributed by atoms with Crippen LogP contribution in [0.15, 0.2) is 41.6 Å². The van der Waals surface area contributed by atoms with E-state index >= 15 is 0 Å². The van der Waals surface area contributed by atoms with Gasteiger partial charge >= 0.3 is 0 Å². The van der Waals surface area contributed by atoms with E-state index in [1.807, 2.05) is 18.2 Å². The van der Waals surface area contributed by atoms with Gasteiger partial charge in [-0.1, -0.05) is 17.4 Å². The van der Waals surface area contributed by atoms with Gasteiger partial charge in [0.2, 0.25) is 0 Å². The SMILES string of the molecule is COc1cc2ncc(-c3ccc4sc(N)nc4c3)n2cc1S(=O)(=O)C(C)(C)C. The molecule has 0 saturated heterocycles. The fraction of sp³-hybridized carbons (Fsp3) is 0.263. The highest BCUT2D eigenvalue weighted by Gasteiger charge is 2.34. The molecule has 9 heteroatoms. The van der Waals surface area contributed by atoms with E-state index in [1.54, 1.807) is 43.6 Å². The summed E-state index contributed by atoms with van der Waals surface area (Å²) in [7, 11) is -2.16. The molecular formula is C19H20N4O3S2. The maximum atomic E-state index is 13.1. The lowest BCUT2D eigenvalue weighted by Gasteiger charge is -2.21. The molecule has 0 aliphatic rings. The third kappa shape index (κ3) is 2.82. The minimum absolute atomic E-state index is 0.133. The van der Waals surface area contributed by atoms with Crippen LogP contribution in [0.1, 0.15) is 20.8 Å². The van der Waals surface area contributed by atoms with Gasteiger partial charge in [0.15, 0.2) is 15.0 Å². The third-order valence-electron chi connectivity index (χ3n) is 4.59. The summed E-state index contributed by atoms with van der Waals surface area (Å²) in [6.45, 7) is 5.00. The Morgan fingerprint density at radius 3 is 2.64 bits per heavy atom. The number of hydrogen-bond donors (Lipinski definition) is 1. The van der Waals surface area contributed by atoms with Crippen LogP contribution >= 0.6 is 11.3 Å². The van der Waals surface area contributed by atoms with Crippen molar-refractivity contribution < 1.29 is 13.2 Å². The monoisotopic (exact) mass is 416 g/mol. The second-order valence-electron chi connectivity index (χ2n) is 7.43. The van der Waals surface area contributed by atoms with Crippen LogP contribution in [-0.4, -0.2) is 34.6 Å². The molecular weight excluding hydrogens is 396 g/mol. The number of anilines is 1. The van der Waals surface area contributed by atoms with Gasteiger partial charge in [-0.05, 0) is 32.9 Å². The molecule has 4 aromatic rings. The molecule has 0 aliphatic carbocycles. The Morgan fingerprint density at radius 1 is 1.21 bits per heavy atom. The number of nitrogens with zero attached hydrogens (tertiary/aromatic N) is 3. The first-order chi connectivity index (χ1) is 13.1. The summed E-state index contributed by atoms with van der Waals surface area (Å²) in [4.78, 5) is 8.88. The van der Waals surface area contributed by atoms with Crippen molar-refractivity contribution in [3.63, 3.8) is 0 Å². The summed E-state index contributed by atoms with van der Waals surface area (Å²) >= 11 is 1.42. The molecule has 1 aromatic carbocycles. The normalized spacial score (nSPS) is 12.7. The number of aromatic nitrogens is 3. The number of thiazole rings is 1. The lowest BCUT2D eigenvalue weighted by atomic mass is 10.1. The topological polar surface area (TPSA) is 99.6 Å². The number of imidazole rings is 1. The molecule has 0 fully saturated rings. The van der Waals surface area contributed by atoms with E-state index in [4.69, 9.17) is 10.5 Å². The smallest absolute Gasteiger partial charge is 0.188 e. The van der Waals surface area contributed by atoms with E-state index in [2.05, 4.69) is 9.97 Å². The van der Waals surface area contributed by atoms with Gasteiger partial charge in [-0.25, -0.2) is 18.4 Å². The van der Waals surface area contributed by atoms with E-state index in [1.165, 1.54) is 18.4 Å². The first-order valence-electron chi connectivity index (χ1n) is 8.58. The number of methoxy groups -OCH3 is 1. The summed E-state index contributed by atoms with van der Waals surface area (Å²) in [6.07, 6.45) is 3.29. The van der Waals surface area contributed by atoms with Crippen molar-refractivity contribution >= 4 is 42.2 Å². The highest BCUT2D eigenvalue weighted by molar-refractivity contribution is 7.92. The number of sulfone groups is 1. The number of rotatable bonds is 3. The van der Waals surface area contributed by atoms with Crippen LogP contribution in [0.25, 0.3) is 27.1 Å². The second-order valence-corrected chi connectivity index (χ2v) is 11.2. The summed E-state index contributed by atoms with van der Waals surface area (Å²) < 4.78 is 33.3. The van der Waals surface area contributed by atoms with Crippen LogP contribution in [0.5, 0.6) is 5.75 Å². The molecule has 0 aliphatic heterocycles. The van der Waals surface area contributed by atoms with Gasteiger partial charge in [-0.3, -0.25) is 4.40 Å². The van der Waals surface area contributed by atoms with Gasteiger partial charge in [-0.15, -0.1) is 0 Å². The highest BCUT2D eigenvalue weighted by atomic mass is 32.2. The predicted molar refractivity (Wildman–Crippen MR) is 112 cm³/mol. The van der Waals surface area contributed by atoms with Crippen LogP contribution in [0.4, 0.5) is 5.13 Å². The number of fused-ring (bicyclic) bond motifs is 2. The molecule has 7 nitrogen and oxygen atoms in total. The molecule has 0 unspecified atom stereocenters. The molecule has 146 valence electrons. The van der Waals surface area contributed by atoms with E-state index in [0.717, 1.165) is 21.5 Å². The van der Waals surface area contributed by atoms with Crippen molar-refractivity contribution in [2.75, 3.05) is 12.8 Å². The quantitative estimate of drug-likeness (QED) is 0.546. The molecule has 4 rings (SSSR count). The van der Waals surface area contributed by atoms with Gasteiger partial charge < -0.3 is 10.5 Å². The molecule has 2 N–H and O–H groups in total. The van der Waals surface area contributed by atoms with Crippen LogP contribution < -0.4 is 10.5 Å². The fourth-order valence-corrected chi connectivity index (χ4v) is 5.02. The maximum Gasteiger partial charge on any atom is 0.188 e. The molecule has 3 aromatic heterocycles. The Kier molecular flexibility index (Phi) is 4.13. The zero-order valence-electron chi connectivity index (χ0n) is 15.9. The number of pyridine rings is 1. The number of hydrogen-bond acceptors (Lipinski definition) is 7. The molecule has 0 spiro atoms. The summed E-state index contributed by atoms with van der Waals surface area (Å²) in [6, 6.07) is 7.47. The molecule has 0 radical (unpaired) electrons. The average Bonchev–Trinajstić information content (AvgIpc) is 3.20. The van der Waals surface area contributed by atoms with Gasteiger partial charge in [0.1, 0.15) is 16.3 Å². The number of ether oxygens (including phenoxy) is 1. The van der Waals surface area contributed by atoms with Crippen molar-refractivity contribution in [3.8, 4) is 17.0 Å². The van der Waals surface area contributed by atoms with Gasteiger partial charge in [0.25, 0.3) is 0 Å². The van der Waals surface area contributed by atoms with Crippen LogP contribution in [-0.2, 0) is 9.84 Å². The standard InChI is InChI=1S/C19H20N4O3S2/c1-19(2,3)28(24,25)16-10-23-13(9-21-17(23)8-14(16)26-4)11-5-6-15-12(7-11)22-18(20)27-15/h5-10H,1-4H3,(H2,20,22). The Balaban J connectivity index is 1.97. The molecule has 0 atom stereocenters. The Hall–Kier alpha value is -2.65. The van der Waals surface area contributed by atoms with Crippen molar-refractivity contribution in [2.24, 2.45) is 0 Å². The Morgan fingerprint density at radius 2 is 1.96 bits per heavy atom. The molecule has 28 heavy (non-hydrogen) atoms. The summed E-state index contributed by atoms with van der Waals surface area (Å²) in [5.74, 6) is 0.280.